The number of ether oxygens (including phenoxy) is 1. The largest absolute Gasteiger partial charge is 0.496 e. The van der Waals surface area contributed by atoms with Crippen LogP contribution in [0.15, 0.2) is 41.4 Å². The predicted molar refractivity (Wildman–Crippen MR) is 77.5 cm³/mol. The summed E-state index contributed by atoms with van der Waals surface area (Å²) in [7, 11) is -2.19. The second-order valence-corrected chi connectivity index (χ2v) is 5.96. The molecule has 0 spiro atoms. The van der Waals surface area contributed by atoms with Crippen LogP contribution >= 0.6 is 0 Å². The summed E-state index contributed by atoms with van der Waals surface area (Å²) in [6.45, 7) is 1.82. The van der Waals surface area contributed by atoms with Gasteiger partial charge in [0.2, 0.25) is 0 Å². The molecule has 0 amide bonds. The first kappa shape index (κ1) is 14.8. The highest BCUT2D eigenvalue weighted by Crippen LogP contribution is 2.23. The van der Waals surface area contributed by atoms with Crippen molar-refractivity contribution in [3.8, 4) is 11.8 Å². The van der Waals surface area contributed by atoms with Gasteiger partial charge in [-0.25, -0.2) is 13.4 Å². The third kappa shape index (κ3) is 3.30. The number of hydrogen-bond donors (Lipinski definition) is 1. The molecule has 6 nitrogen and oxygen atoms in total. The molecule has 0 bridgehead atoms. The zero-order valence-electron chi connectivity index (χ0n) is 11.5. The average molecular weight is 303 g/mol. The Labute approximate surface area is 123 Å². The van der Waals surface area contributed by atoms with E-state index < -0.39 is 10.0 Å². The van der Waals surface area contributed by atoms with Crippen molar-refractivity contribution in [2.45, 2.75) is 11.8 Å². The number of rotatable bonds is 4. The van der Waals surface area contributed by atoms with Gasteiger partial charge >= 0.3 is 0 Å². The maximum Gasteiger partial charge on any atom is 0.263 e. The van der Waals surface area contributed by atoms with Crippen molar-refractivity contribution < 1.29 is 13.2 Å². The first-order chi connectivity index (χ1) is 9.96. The van der Waals surface area contributed by atoms with Crippen LogP contribution in [0.25, 0.3) is 0 Å². The number of nitriles is 1. The molecule has 0 atom stereocenters. The number of pyridine rings is 1. The number of sulfonamides is 1. The fourth-order valence-electron chi connectivity index (χ4n) is 1.76. The maximum absolute atomic E-state index is 12.2. The van der Waals surface area contributed by atoms with Crippen molar-refractivity contribution >= 4 is 15.7 Å². The normalized spacial score (nSPS) is 10.7. The van der Waals surface area contributed by atoms with E-state index in [1.807, 2.05) is 13.0 Å². The summed E-state index contributed by atoms with van der Waals surface area (Å²) < 4.78 is 32.0. The fraction of sp³-hybridized carbons (Fsp3) is 0.143. The summed E-state index contributed by atoms with van der Waals surface area (Å²) in [6.07, 6.45) is 1.15. The highest BCUT2D eigenvalue weighted by atomic mass is 32.2. The second kappa shape index (κ2) is 5.81. The molecule has 1 heterocycles. The van der Waals surface area contributed by atoms with Crippen molar-refractivity contribution in [2.75, 3.05) is 11.8 Å². The van der Waals surface area contributed by atoms with Crippen LogP contribution in [0.1, 0.15) is 11.3 Å². The minimum Gasteiger partial charge on any atom is -0.496 e. The molecule has 0 unspecified atom stereocenters. The Balaban J connectivity index is 2.28. The molecule has 21 heavy (non-hydrogen) atoms. The Kier molecular flexibility index (Phi) is 4.10. The second-order valence-electron chi connectivity index (χ2n) is 4.28. The van der Waals surface area contributed by atoms with E-state index in [1.165, 1.54) is 12.1 Å². The number of aryl methyl sites for hydroxylation is 1. The zero-order chi connectivity index (χ0) is 15.5. The van der Waals surface area contributed by atoms with Crippen molar-refractivity contribution in [3.05, 3.63) is 47.8 Å². The first-order valence-corrected chi connectivity index (χ1v) is 7.48. The van der Waals surface area contributed by atoms with Crippen LogP contribution in [-0.4, -0.2) is 20.5 Å². The summed E-state index contributed by atoms with van der Waals surface area (Å²) in [4.78, 5) is 3.75. The molecule has 2 rings (SSSR count). The molecule has 0 aliphatic rings. The smallest absolute Gasteiger partial charge is 0.263 e. The van der Waals surface area contributed by atoms with Crippen LogP contribution < -0.4 is 9.46 Å². The predicted octanol–water partition coefficient (Wildman–Crippen LogP) is 2.07. The van der Waals surface area contributed by atoms with Gasteiger partial charge in [-0.15, -0.1) is 0 Å². The summed E-state index contributed by atoms with van der Waals surface area (Å²) in [6, 6.07) is 9.50. The molecule has 0 saturated heterocycles. The number of benzene rings is 1. The Bertz CT molecular complexity index is 793. The van der Waals surface area contributed by atoms with Crippen molar-refractivity contribution in [1.82, 2.24) is 4.98 Å². The molecule has 7 heteroatoms. The average Bonchev–Trinajstić information content (AvgIpc) is 2.47. The summed E-state index contributed by atoms with van der Waals surface area (Å²) in [5, 5.41) is 8.66. The SMILES string of the molecule is COc1ccc(NS(=O)(=O)c2ccc(C#N)nc2)cc1C. The third-order valence-electron chi connectivity index (χ3n) is 2.81. The number of hydrogen-bond acceptors (Lipinski definition) is 5. The van der Waals surface area contributed by atoms with Gasteiger partial charge in [0.1, 0.15) is 22.4 Å². The summed E-state index contributed by atoms with van der Waals surface area (Å²) >= 11 is 0. The lowest BCUT2D eigenvalue weighted by molar-refractivity contribution is 0.412. The number of methoxy groups -OCH3 is 1. The van der Waals surface area contributed by atoms with E-state index in [9.17, 15) is 8.42 Å². The molecule has 1 N–H and O–H groups in total. The van der Waals surface area contributed by atoms with Gasteiger partial charge in [-0.05, 0) is 42.8 Å². The molecule has 0 radical (unpaired) electrons. The van der Waals surface area contributed by atoms with Gasteiger partial charge < -0.3 is 4.74 Å². The lowest BCUT2D eigenvalue weighted by Crippen LogP contribution is -2.13. The molecule has 0 fully saturated rings. The van der Waals surface area contributed by atoms with Crippen LogP contribution in [0.5, 0.6) is 5.75 Å². The van der Waals surface area contributed by atoms with Gasteiger partial charge in [-0.1, -0.05) is 0 Å². The maximum atomic E-state index is 12.2. The Morgan fingerprint density at radius 3 is 2.57 bits per heavy atom. The van der Waals surface area contributed by atoms with Gasteiger partial charge in [0, 0.05) is 11.9 Å². The van der Waals surface area contributed by atoms with Crippen LogP contribution in [0.4, 0.5) is 5.69 Å². The highest BCUT2D eigenvalue weighted by Gasteiger charge is 2.15. The van der Waals surface area contributed by atoms with E-state index in [2.05, 4.69) is 9.71 Å². The molecule has 1 aromatic carbocycles. The highest BCUT2D eigenvalue weighted by molar-refractivity contribution is 7.92. The molecular formula is C14H13N3O3S. The fourth-order valence-corrected chi connectivity index (χ4v) is 2.76. The standard InChI is InChI=1S/C14H13N3O3S/c1-10-7-11(4-6-14(10)20-2)17-21(18,19)13-5-3-12(8-15)16-9-13/h3-7,9,17H,1-2H3. The Morgan fingerprint density at radius 2 is 2.05 bits per heavy atom. The first-order valence-electron chi connectivity index (χ1n) is 6.00. The van der Waals surface area contributed by atoms with Crippen molar-refractivity contribution in [2.24, 2.45) is 0 Å². The molecular weight excluding hydrogens is 290 g/mol. The lowest BCUT2D eigenvalue weighted by atomic mass is 10.2. The van der Waals surface area contributed by atoms with Crippen molar-refractivity contribution in [1.29, 1.82) is 5.26 Å². The van der Waals surface area contributed by atoms with Gasteiger partial charge in [-0.2, -0.15) is 5.26 Å². The van der Waals surface area contributed by atoms with E-state index in [0.29, 0.717) is 11.4 Å². The monoisotopic (exact) mass is 303 g/mol. The van der Waals surface area contributed by atoms with E-state index in [-0.39, 0.29) is 10.6 Å². The van der Waals surface area contributed by atoms with Crippen molar-refractivity contribution in [3.63, 3.8) is 0 Å². The topological polar surface area (TPSA) is 92.1 Å². The quantitative estimate of drug-likeness (QED) is 0.933. The lowest BCUT2D eigenvalue weighted by Gasteiger charge is -2.10. The van der Waals surface area contributed by atoms with Crippen LogP contribution in [-0.2, 0) is 10.0 Å². The van der Waals surface area contributed by atoms with Crippen LogP contribution in [0.3, 0.4) is 0 Å². The molecule has 1 aromatic heterocycles. The Morgan fingerprint density at radius 1 is 1.29 bits per heavy atom. The summed E-state index contributed by atoms with van der Waals surface area (Å²) in [5.74, 6) is 0.679. The van der Waals surface area contributed by atoms with Gasteiger partial charge in [0.15, 0.2) is 0 Å². The molecule has 0 saturated carbocycles. The Hall–Kier alpha value is -2.59. The molecule has 108 valence electrons. The number of nitrogens with zero attached hydrogens (tertiary/aromatic N) is 2. The van der Waals surface area contributed by atoms with E-state index in [1.54, 1.807) is 25.3 Å². The van der Waals surface area contributed by atoms with Gasteiger partial charge in [-0.3, -0.25) is 4.72 Å². The minimum atomic E-state index is -3.74. The summed E-state index contributed by atoms with van der Waals surface area (Å²) in [5.41, 5.74) is 1.41. The van der Waals surface area contributed by atoms with E-state index in [0.717, 1.165) is 11.8 Å². The van der Waals surface area contributed by atoms with Crippen LogP contribution in [0, 0.1) is 18.3 Å². The zero-order valence-corrected chi connectivity index (χ0v) is 12.3. The minimum absolute atomic E-state index is 0.00466. The van der Waals surface area contributed by atoms with Gasteiger partial charge in [0.05, 0.1) is 7.11 Å². The van der Waals surface area contributed by atoms with E-state index in [4.69, 9.17) is 10.00 Å². The molecule has 0 aliphatic carbocycles. The third-order valence-corrected chi connectivity index (χ3v) is 4.17. The van der Waals surface area contributed by atoms with E-state index >= 15 is 0 Å². The number of nitrogens with one attached hydrogen (secondary N) is 1. The molecule has 2 aromatic rings. The number of aromatic nitrogens is 1. The van der Waals surface area contributed by atoms with Gasteiger partial charge in [0.25, 0.3) is 10.0 Å². The van der Waals surface area contributed by atoms with Crippen LogP contribution in [0.2, 0.25) is 0 Å². The number of anilines is 1. The molecule has 0 aliphatic heterocycles.